The molecule has 90 valence electrons. The molecule has 1 aromatic rings. The Kier molecular flexibility index (Phi) is 4.95. The molecule has 5 nitrogen and oxygen atoms in total. The van der Waals surface area contributed by atoms with Crippen LogP contribution in [0.1, 0.15) is 39.5 Å². The summed E-state index contributed by atoms with van der Waals surface area (Å²) in [6.07, 6.45) is 5.07. The summed E-state index contributed by atoms with van der Waals surface area (Å²) in [5, 5.41) is 0. The van der Waals surface area contributed by atoms with Crippen LogP contribution in [-0.4, -0.2) is 14.1 Å². The van der Waals surface area contributed by atoms with Crippen LogP contribution in [0.5, 0.6) is 0 Å². The van der Waals surface area contributed by atoms with Gasteiger partial charge in [-0.3, -0.25) is 4.57 Å². The first-order chi connectivity index (χ1) is 7.70. The molecule has 0 N–H and O–H groups in total. The summed E-state index contributed by atoms with van der Waals surface area (Å²) in [4.78, 5) is 27.0. The summed E-state index contributed by atoms with van der Waals surface area (Å²) >= 11 is 0. The molecular formula is C11H19N3O2. The Bertz CT molecular complexity index is 434. The molecule has 0 saturated carbocycles. The van der Waals surface area contributed by atoms with Gasteiger partial charge in [0.25, 0.3) is 0 Å². The molecule has 0 amide bonds. The third-order valence-electron chi connectivity index (χ3n) is 2.50. The number of aryl methyl sites for hydroxylation is 1. The zero-order chi connectivity index (χ0) is 12.0. The van der Waals surface area contributed by atoms with Crippen LogP contribution < -0.4 is 11.4 Å². The molecule has 1 heterocycles. The van der Waals surface area contributed by atoms with Crippen LogP contribution >= 0.6 is 0 Å². The average Bonchev–Trinajstić information content (AvgIpc) is 2.28. The van der Waals surface area contributed by atoms with Crippen molar-refractivity contribution in [1.29, 1.82) is 0 Å². The Morgan fingerprint density at radius 2 is 1.75 bits per heavy atom. The fourth-order valence-electron chi connectivity index (χ4n) is 1.46. The SMILES string of the molecule is CCCCn1cnc(=O)n(CCCC)c1=O. The fourth-order valence-corrected chi connectivity index (χ4v) is 1.46. The maximum Gasteiger partial charge on any atom is 0.353 e. The first-order valence-corrected chi connectivity index (χ1v) is 5.87. The van der Waals surface area contributed by atoms with E-state index in [1.54, 1.807) is 0 Å². The summed E-state index contributed by atoms with van der Waals surface area (Å²) in [5.41, 5.74) is -0.673. The van der Waals surface area contributed by atoms with Crippen molar-refractivity contribution in [2.45, 2.75) is 52.6 Å². The normalized spacial score (nSPS) is 10.6. The Labute approximate surface area is 94.8 Å². The first-order valence-electron chi connectivity index (χ1n) is 5.87. The van der Waals surface area contributed by atoms with E-state index in [2.05, 4.69) is 11.9 Å². The minimum Gasteiger partial charge on any atom is -0.284 e. The molecule has 0 radical (unpaired) electrons. The Morgan fingerprint density at radius 3 is 2.38 bits per heavy atom. The largest absolute Gasteiger partial charge is 0.353 e. The minimum atomic E-state index is -0.439. The van der Waals surface area contributed by atoms with Crippen molar-refractivity contribution in [1.82, 2.24) is 14.1 Å². The Morgan fingerprint density at radius 1 is 1.12 bits per heavy atom. The third-order valence-corrected chi connectivity index (χ3v) is 2.50. The fraction of sp³-hybridized carbons (Fsp3) is 0.727. The van der Waals surface area contributed by atoms with E-state index in [1.165, 1.54) is 15.5 Å². The van der Waals surface area contributed by atoms with Crippen LogP contribution in [0.15, 0.2) is 15.9 Å². The summed E-state index contributed by atoms with van der Waals surface area (Å²) in [5.74, 6) is 0. The van der Waals surface area contributed by atoms with E-state index in [0.29, 0.717) is 13.1 Å². The van der Waals surface area contributed by atoms with Crippen molar-refractivity contribution in [2.75, 3.05) is 0 Å². The Balaban J connectivity index is 2.97. The molecule has 0 atom stereocenters. The standard InChI is InChI=1S/C11H19N3O2/c1-3-5-7-13-9-12-10(15)14(11(13)16)8-6-4-2/h9H,3-8H2,1-2H3. The highest BCUT2D eigenvalue weighted by molar-refractivity contribution is 4.73. The second-order valence-electron chi connectivity index (χ2n) is 3.86. The number of hydrogen-bond donors (Lipinski definition) is 0. The zero-order valence-electron chi connectivity index (χ0n) is 9.98. The predicted molar refractivity (Wildman–Crippen MR) is 62.6 cm³/mol. The maximum absolute atomic E-state index is 11.9. The summed E-state index contributed by atoms with van der Waals surface area (Å²) in [7, 11) is 0. The molecule has 0 fully saturated rings. The number of rotatable bonds is 6. The highest BCUT2D eigenvalue weighted by Crippen LogP contribution is 1.91. The lowest BCUT2D eigenvalue weighted by atomic mass is 10.3. The lowest BCUT2D eigenvalue weighted by Crippen LogP contribution is -2.41. The number of hydrogen-bond acceptors (Lipinski definition) is 3. The van der Waals surface area contributed by atoms with E-state index in [-0.39, 0.29) is 5.69 Å². The lowest BCUT2D eigenvalue weighted by Gasteiger charge is -2.07. The van der Waals surface area contributed by atoms with E-state index in [9.17, 15) is 9.59 Å². The van der Waals surface area contributed by atoms with Crippen molar-refractivity contribution in [2.24, 2.45) is 0 Å². The van der Waals surface area contributed by atoms with Crippen LogP contribution in [0.25, 0.3) is 0 Å². The highest BCUT2D eigenvalue weighted by atomic mass is 16.2. The molecule has 16 heavy (non-hydrogen) atoms. The van der Waals surface area contributed by atoms with Crippen LogP contribution in [0, 0.1) is 0 Å². The molecule has 0 aliphatic heterocycles. The van der Waals surface area contributed by atoms with Gasteiger partial charge >= 0.3 is 11.4 Å². The predicted octanol–water partition coefficient (Wildman–Crippen LogP) is 1.01. The molecule has 1 aromatic heterocycles. The van der Waals surface area contributed by atoms with Gasteiger partial charge in [-0.25, -0.2) is 14.2 Å². The first kappa shape index (κ1) is 12.7. The second-order valence-corrected chi connectivity index (χ2v) is 3.86. The minimum absolute atomic E-state index is 0.234. The number of nitrogens with zero attached hydrogens (tertiary/aromatic N) is 3. The van der Waals surface area contributed by atoms with Gasteiger partial charge in [-0.05, 0) is 12.8 Å². The van der Waals surface area contributed by atoms with Gasteiger partial charge in [0, 0.05) is 13.1 Å². The van der Waals surface area contributed by atoms with Crippen molar-refractivity contribution in [3.63, 3.8) is 0 Å². The quantitative estimate of drug-likeness (QED) is 0.726. The van der Waals surface area contributed by atoms with Crippen molar-refractivity contribution < 1.29 is 0 Å². The van der Waals surface area contributed by atoms with Gasteiger partial charge in [0.2, 0.25) is 0 Å². The monoisotopic (exact) mass is 225 g/mol. The van der Waals surface area contributed by atoms with E-state index < -0.39 is 5.69 Å². The van der Waals surface area contributed by atoms with Crippen LogP contribution in [-0.2, 0) is 13.1 Å². The van der Waals surface area contributed by atoms with Crippen LogP contribution in [0.3, 0.4) is 0 Å². The molecule has 0 bridgehead atoms. The maximum atomic E-state index is 11.9. The van der Waals surface area contributed by atoms with Gasteiger partial charge in [-0.15, -0.1) is 0 Å². The van der Waals surface area contributed by atoms with Crippen molar-refractivity contribution in [3.8, 4) is 0 Å². The third kappa shape index (κ3) is 3.05. The molecule has 0 saturated heterocycles. The van der Waals surface area contributed by atoms with Crippen LogP contribution in [0.4, 0.5) is 0 Å². The van der Waals surface area contributed by atoms with Gasteiger partial charge in [0.15, 0.2) is 0 Å². The average molecular weight is 225 g/mol. The van der Waals surface area contributed by atoms with E-state index in [4.69, 9.17) is 0 Å². The van der Waals surface area contributed by atoms with Crippen molar-refractivity contribution in [3.05, 3.63) is 27.3 Å². The van der Waals surface area contributed by atoms with Gasteiger partial charge in [-0.1, -0.05) is 26.7 Å². The highest BCUT2D eigenvalue weighted by Gasteiger charge is 2.04. The topological polar surface area (TPSA) is 56.9 Å². The summed E-state index contributed by atoms with van der Waals surface area (Å²) < 4.78 is 2.74. The van der Waals surface area contributed by atoms with E-state index in [0.717, 1.165) is 25.7 Å². The van der Waals surface area contributed by atoms with Gasteiger partial charge in [-0.2, -0.15) is 4.98 Å². The zero-order valence-corrected chi connectivity index (χ0v) is 9.98. The molecule has 5 heteroatoms. The summed E-state index contributed by atoms with van der Waals surface area (Å²) in [6.45, 7) is 5.19. The molecular weight excluding hydrogens is 206 g/mol. The van der Waals surface area contributed by atoms with Crippen LogP contribution in [0.2, 0.25) is 0 Å². The van der Waals surface area contributed by atoms with Gasteiger partial charge in [0.05, 0.1) is 0 Å². The second kappa shape index (κ2) is 6.25. The van der Waals surface area contributed by atoms with E-state index in [1.807, 2.05) is 6.92 Å². The molecule has 0 aromatic carbocycles. The number of aromatic nitrogens is 3. The lowest BCUT2D eigenvalue weighted by molar-refractivity contribution is 0.497. The summed E-state index contributed by atoms with van der Waals surface area (Å²) in [6, 6.07) is 0. The molecule has 0 aliphatic rings. The van der Waals surface area contributed by atoms with E-state index >= 15 is 0 Å². The number of unbranched alkanes of at least 4 members (excludes halogenated alkanes) is 2. The molecule has 0 aliphatic carbocycles. The molecule has 0 spiro atoms. The molecule has 0 unspecified atom stereocenters. The molecule has 1 rings (SSSR count). The smallest absolute Gasteiger partial charge is 0.284 e. The Hall–Kier alpha value is -1.39. The van der Waals surface area contributed by atoms with Gasteiger partial charge in [0.1, 0.15) is 6.33 Å². The van der Waals surface area contributed by atoms with Crippen molar-refractivity contribution >= 4 is 0 Å². The van der Waals surface area contributed by atoms with Gasteiger partial charge < -0.3 is 0 Å².